The summed E-state index contributed by atoms with van der Waals surface area (Å²) in [6, 6.07) is 1.97. The Morgan fingerprint density at radius 3 is 2.67 bits per heavy atom. The first-order chi connectivity index (χ1) is 17.1. The zero-order valence-electron chi connectivity index (χ0n) is 18.7. The summed E-state index contributed by atoms with van der Waals surface area (Å²) in [5.41, 5.74) is -0.451. The normalized spacial score (nSPS) is 20.0. The molecule has 4 rings (SSSR count). The van der Waals surface area contributed by atoms with Crippen LogP contribution in [-0.2, 0) is 21.0 Å². The average molecular weight is 526 g/mol. The van der Waals surface area contributed by atoms with Gasteiger partial charge in [0.05, 0.1) is 18.2 Å². The van der Waals surface area contributed by atoms with Crippen LogP contribution in [0.1, 0.15) is 34.5 Å². The number of nitrogens with zero attached hydrogens (tertiary/aromatic N) is 4. The molecule has 3 N–H and O–H groups in total. The lowest BCUT2D eigenvalue weighted by molar-refractivity contribution is 0.0636. The highest BCUT2D eigenvalue weighted by atomic mass is 32.2. The summed E-state index contributed by atoms with van der Waals surface area (Å²) in [7, 11) is -2.83. The minimum atomic E-state index is -4.01. The second-order valence-electron chi connectivity index (χ2n) is 8.03. The standard InChI is InChI=1S/C21H21F3N6O5S/c1-25-36(33,34)35-19-7-12(6-18(19)31)28-21-13(8-26-10-27-21)20(32)17-2-3-30(29-17)9-14-15(23)4-11(22)5-16(14)24/h2-5,8,10,12,18-19,25,31H,6-7,9H2,1H3,(H,26,27,28)/t12-,18+,19-/m1/s1. The predicted molar refractivity (Wildman–Crippen MR) is 119 cm³/mol. The van der Waals surface area contributed by atoms with Crippen LogP contribution in [0.3, 0.4) is 0 Å². The molecule has 11 nitrogen and oxygen atoms in total. The van der Waals surface area contributed by atoms with Crippen molar-refractivity contribution in [3.8, 4) is 0 Å². The Labute approximate surface area is 203 Å². The first-order valence-electron chi connectivity index (χ1n) is 10.6. The van der Waals surface area contributed by atoms with Crippen molar-refractivity contribution in [1.29, 1.82) is 0 Å². The Hall–Kier alpha value is -3.40. The van der Waals surface area contributed by atoms with Crippen molar-refractivity contribution >= 4 is 21.9 Å². The fourth-order valence-corrected chi connectivity index (χ4v) is 4.44. The van der Waals surface area contributed by atoms with Crippen LogP contribution in [0.5, 0.6) is 0 Å². The highest BCUT2D eigenvalue weighted by Crippen LogP contribution is 2.28. The summed E-state index contributed by atoms with van der Waals surface area (Å²) < 4.78 is 72.4. The van der Waals surface area contributed by atoms with Gasteiger partial charge in [-0.1, -0.05) is 0 Å². The number of aromatic nitrogens is 4. The summed E-state index contributed by atoms with van der Waals surface area (Å²) >= 11 is 0. The van der Waals surface area contributed by atoms with E-state index in [9.17, 15) is 31.5 Å². The molecule has 2 aromatic heterocycles. The number of aliphatic hydroxyl groups is 1. The lowest BCUT2D eigenvalue weighted by Crippen LogP contribution is -2.31. The number of carbonyl (C=O) groups excluding carboxylic acids is 1. The second kappa shape index (κ2) is 10.3. The molecule has 1 aliphatic carbocycles. The average Bonchev–Trinajstić information content (AvgIpc) is 3.42. The maximum Gasteiger partial charge on any atom is 0.335 e. The van der Waals surface area contributed by atoms with Gasteiger partial charge in [0.15, 0.2) is 0 Å². The topological polar surface area (TPSA) is 148 Å². The van der Waals surface area contributed by atoms with Gasteiger partial charge >= 0.3 is 10.3 Å². The molecule has 0 spiro atoms. The number of anilines is 1. The summed E-state index contributed by atoms with van der Waals surface area (Å²) in [6.07, 6.45) is 1.96. The smallest absolute Gasteiger partial charge is 0.335 e. The summed E-state index contributed by atoms with van der Waals surface area (Å²) in [6.45, 7) is -0.376. The highest BCUT2D eigenvalue weighted by molar-refractivity contribution is 7.84. The molecule has 36 heavy (non-hydrogen) atoms. The maximum absolute atomic E-state index is 14.0. The van der Waals surface area contributed by atoms with Crippen LogP contribution in [0.2, 0.25) is 0 Å². The van der Waals surface area contributed by atoms with Crippen LogP contribution in [0.25, 0.3) is 0 Å². The van der Waals surface area contributed by atoms with Gasteiger partial charge in [-0.25, -0.2) is 23.1 Å². The number of aliphatic hydroxyl groups excluding tert-OH is 1. The number of carbonyl (C=O) groups is 1. The molecule has 0 amide bonds. The van der Waals surface area contributed by atoms with Gasteiger partial charge in [-0.2, -0.15) is 18.2 Å². The van der Waals surface area contributed by atoms with Crippen LogP contribution in [-0.4, -0.2) is 64.4 Å². The number of benzene rings is 1. The van der Waals surface area contributed by atoms with Gasteiger partial charge in [-0.3, -0.25) is 13.7 Å². The Morgan fingerprint density at radius 1 is 1.25 bits per heavy atom. The SMILES string of the molecule is CNS(=O)(=O)O[C@@H]1C[C@H](Nc2ncncc2C(=O)c2ccn(Cc3c(F)cc(F)cc3F)n2)C[C@@H]1O. The highest BCUT2D eigenvalue weighted by Gasteiger charge is 2.37. The summed E-state index contributed by atoms with van der Waals surface area (Å²) in [4.78, 5) is 21.0. The van der Waals surface area contributed by atoms with E-state index in [0.717, 1.165) is 4.68 Å². The third kappa shape index (κ3) is 5.70. The molecule has 0 unspecified atom stereocenters. The largest absolute Gasteiger partial charge is 0.390 e. The van der Waals surface area contributed by atoms with E-state index in [1.54, 1.807) is 0 Å². The number of nitrogens with one attached hydrogen (secondary N) is 2. The van der Waals surface area contributed by atoms with Crippen LogP contribution >= 0.6 is 0 Å². The summed E-state index contributed by atoms with van der Waals surface area (Å²) in [5, 5.41) is 17.2. The van der Waals surface area contributed by atoms with Gasteiger partial charge in [-0.15, -0.1) is 0 Å². The Kier molecular flexibility index (Phi) is 7.35. The van der Waals surface area contributed by atoms with Gasteiger partial charge in [0, 0.05) is 43.2 Å². The monoisotopic (exact) mass is 526 g/mol. The van der Waals surface area contributed by atoms with E-state index in [1.807, 2.05) is 4.72 Å². The molecule has 0 radical (unpaired) electrons. The van der Waals surface area contributed by atoms with Crippen molar-refractivity contribution in [2.75, 3.05) is 12.4 Å². The molecule has 1 saturated carbocycles. The van der Waals surface area contributed by atoms with Crippen molar-refractivity contribution in [3.63, 3.8) is 0 Å². The molecule has 3 atom stereocenters. The number of hydrogen-bond donors (Lipinski definition) is 3. The number of halogens is 3. The van der Waals surface area contributed by atoms with E-state index >= 15 is 0 Å². The van der Waals surface area contributed by atoms with Gasteiger partial charge < -0.3 is 10.4 Å². The van der Waals surface area contributed by atoms with E-state index in [-0.39, 0.29) is 36.5 Å². The third-order valence-electron chi connectivity index (χ3n) is 5.57. The molecule has 15 heteroatoms. The fourth-order valence-electron chi connectivity index (χ4n) is 3.81. The number of ketones is 1. The van der Waals surface area contributed by atoms with Crippen LogP contribution < -0.4 is 10.0 Å². The molecular formula is C21H21F3N6O5S. The molecule has 3 aromatic rings. The third-order valence-corrected chi connectivity index (χ3v) is 6.57. The first kappa shape index (κ1) is 25.7. The Bertz CT molecular complexity index is 1360. The van der Waals surface area contributed by atoms with Gasteiger partial charge in [-0.05, 0) is 18.9 Å². The number of hydrogen-bond acceptors (Lipinski definition) is 9. The van der Waals surface area contributed by atoms with Crippen LogP contribution in [0.15, 0.2) is 36.9 Å². The molecule has 1 fully saturated rings. The minimum Gasteiger partial charge on any atom is -0.390 e. The zero-order valence-corrected chi connectivity index (χ0v) is 19.5. The molecule has 1 aliphatic rings. The van der Waals surface area contributed by atoms with E-state index < -0.39 is 57.4 Å². The van der Waals surface area contributed by atoms with Crippen molar-refractivity contribution in [2.24, 2.45) is 0 Å². The Morgan fingerprint density at radius 2 is 1.97 bits per heavy atom. The van der Waals surface area contributed by atoms with Crippen molar-refractivity contribution in [1.82, 2.24) is 24.5 Å². The fraction of sp³-hybridized carbons (Fsp3) is 0.333. The Balaban J connectivity index is 1.49. The minimum absolute atomic E-state index is 0.0311. The quantitative estimate of drug-likeness (QED) is 0.349. The molecule has 1 aromatic carbocycles. The van der Waals surface area contributed by atoms with Crippen molar-refractivity contribution in [2.45, 2.75) is 37.6 Å². The van der Waals surface area contributed by atoms with E-state index in [1.165, 1.54) is 31.8 Å². The number of rotatable bonds is 9. The maximum atomic E-state index is 14.0. The lowest BCUT2D eigenvalue weighted by atomic mass is 10.1. The van der Waals surface area contributed by atoms with Crippen LogP contribution in [0.4, 0.5) is 19.0 Å². The van der Waals surface area contributed by atoms with E-state index in [4.69, 9.17) is 4.18 Å². The van der Waals surface area contributed by atoms with Gasteiger partial charge in [0.25, 0.3) is 0 Å². The van der Waals surface area contributed by atoms with Crippen LogP contribution in [0, 0.1) is 17.5 Å². The lowest BCUT2D eigenvalue weighted by Gasteiger charge is -2.15. The summed E-state index contributed by atoms with van der Waals surface area (Å²) in [5.74, 6) is -3.69. The van der Waals surface area contributed by atoms with Crippen molar-refractivity contribution < 1.29 is 35.7 Å². The van der Waals surface area contributed by atoms with Gasteiger partial charge in [0.2, 0.25) is 5.78 Å². The first-order valence-corrected chi connectivity index (χ1v) is 12.0. The second-order valence-corrected chi connectivity index (χ2v) is 9.54. The van der Waals surface area contributed by atoms with E-state index in [2.05, 4.69) is 20.4 Å². The molecule has 0 bridgehead atoms. The van der Waals surface area contributed by atoms with Gasteiger partial charge in [0.1, 0.15) is 41.4 Å². The van der Waals surface area contributed by atoms with Crippen molar-refractivity contribution in [3.05, 3.63) is 71.2 Å². The molecule has 192 valence electrons. The van der Waals surface area contributed by atoms with E-state index in [0.29, 0.717) is 12.1 Å². The predicted octanol–water partition coefficient (Wildman–Crippen LogP) is 1.15. The molecule has 0 aliphatic heterocycles. The molecular weight excluding hydrogens is 505 g/mol. The zero-order chi connectivity index (χ0) is 26.0. The molecule has 2 heterocycles. The molecule has 0 saturated heterocycles.